The molecule has 2 aromatic carbocycles. The quantitative estimate of drug-likeness (QED) is 0.295. The summed E-state index contributed by atoms with van der Waals surface area (Å²) in [5.74, 6) is 1.53. The summed E-state index contributed by atoms with van der Waals surface area (Å²) >= 11 is 13.8. The standard InChI is InChI=1S/C22H20Cl2FN3O2S/c23-22(24)12-15(22)13-31-18-5-2-1-4-17(18)26-19(29)6-3-7-20-27-21(28-30-20)14-8-10-16(25)11-9-14/h1-2,4-5,8-11,15H,3,6-7,12-13H2,(H,26,29)/t15-/m1/s1. The summed E-state index contributed by atoms with van der Waals surface area (Å²) in [6.45, 7) is 0. The van der Waals surface area contributed by atoms with E-state index in [-0.39, 0.29) is 17.6 Å². The van der Waals surface area contributed by atoms with Gasteiger partial charge in [-0.05, 0) is 49.2 Å². The van der Waals surface area contributed by atoms with Crippen molar-refractivity contribution in [2.24, 2.45) is 5.92 Å². The Balaban J connectivity index is 1.25. The first kappa shape index (κ1) is 22.1. The maximum Gasteiger partial charge on any atom is 0.226 e. The number of thioether (sulfide) groups is 1. The number of anilines is 1. The van der Waals surface area contributed by atoms with E-state index in [0.29, 0.717) is 36.5 Å². The predicted molar refractivity (Wildman–Crippen MR) is 121 cm³/mol. The van der Waals surface area contributed by atoms with E-state index in [1.165, 1.54) is 12.1 Å². The van der Waals surface area contributed by atoms with Crippen molar-refractivity contribution < 1.29 is 13.7 Å². The van der Waals surface area contributed by atoms with Crippen LogP contribution in [0, 0.1) is 11.7 Å². The predicted octanol–water partition coefficient (Wildman–Crippen LogP) is 6.12. The normalized spacial score (nSPS) is 16.8. The zero-order valence-electron chi connectivity index (χ0n) is 16.5. The average molecular weight is 480 g/mol. The van der Waals surface area contributed by atoms with E-state index >= 15 is 0 Å². The Hall–Kier alpha value is -2.09. The topological polar surface area (TPSA) is 68.0 Å². The molecular formula is C22H20Cl2FN3O2S. The highest BCUT2D eigenvalue weighted by molar-refractivity contribution is 7.99. The van der Waals surface area contributed by atoms with E-state index in [9.17, 15) is 9.18 Å². The van der Waals surface area contributed by atoms with Gasteiger partial charge in [-0.25, -0.2) is 4.39 Å². The largest absolute Gasteiger partial charge is 0.339 e. The zero-order chi connectivity index (χ0) is 21.8. The molecule has 3 aromatic rings. The molecule has 0 aliphatic heterocycles. The average Bonchev–Trinajstić information content (AvgIpc) is 3.12. The van der Waals surface area contributed by atoms with E-state index in [1.54, 1.807) is 23.9 Å². The Morgan fingerprint density at radius 2 is 1.97 bits per heavy atom. The number of nitrogens with zero attached hydrogens (tertiary/aromatic N) is 2. The van der Waals surface area contributed by atoms with Crippen LogP contribution in [0.2, 0.25) is 0 Å². The van der Waals surface area contributed by atoms with Crippen molar-refractivity contribution in [1.82, 2.24) is 10.1 Å². The van der Waals surface area contributed by atoms with E-state index in [4.69, 9.17) is 27.7 Å². The lowest BCUT2D eigenvalue weighted by Crippen LogP contribution is -2.12. The van der Waals surface area contributed by atoms with Gasteiger partial charge in [-0.2, -0.15) is 4.98 Å². The van der Waals surface area contributed by atoms with Crippen LogP contribution in [-0.2, 0) is 11.2 Å². The number of carbonyl (C=O) groups excluding carboxylic acids is 1. The number of para-hydroxylation sites is 1. The summed E-state index contributed by atoms with van der Waals surface area (Å²) in [7, 11) is 0. The van der Waals surface area contributed by atoms with Crippen LogP contribution in [-0.4, -0.2) is 26.1 Å². The van der Waals surface area contributed by atoms with Crippen LogP contribution >= 0.6 is 35.0 Å². The molecular weight excluding hydrogens is 460 g/mol. The molecule has 0 radical (unpaired) electrons. The fourth-order valence-corrected chi connectivity index (χ4v) is 4.96. The molecule has 9 heteroatoms. The molecule has 1 aliphatic carbocycles. The third-order valence-corrected chi connectivity index (χ3v) is 7.08. The van der Waals surface area contributed by atoms with Gasteiger partial charge in [0.05, 0.1) is 5.69 Å². The van der Waals surface area contributed by atoms with Crippen LogP contribution in [0.25, 0.3) is 11.4 Å². The molecule has 1 heterocycles. The summed E-state index contributed by atoms with van der Waals surface area (Å²) in [5, 5.41) is 6.88. The van der Waals surface area contributed by atoms with Crippen LogP contribution in [0.15, 0.2) is 57.9 Å². The van der Waals surface area contributed by atoms with E-state index in [0.717, 1.165) is 22.8 Å². The van der Waals surface area contributed by atoms with Crippen molar-refractivity contribution in [2.75, 3.05) is 11.1 Å². The number of amides is 1. The van der Waals surface area contributed by atoms with Crippen LogP contribution in [0.4, 0.5) is 10.1 Å². The molecule has 31 heavy (non-hydrogen) atoms. The van der Waals surface area contributed by atoms with E-state index < -0.39 is 4.33 Å². The third-order valence-electron chi connectivity index (χ3n) is 4.92. The molecule has 1 N–H and O–H groups in total. The Labute approximate surface area is 193 Å². The Morgan fingerprint density at radius 3 is 2.71 bits per heavy atom. The molecule has 1 saturated carbocycles. The monoisotopic (exact) mass is 479 g/mol. The SMILES string of the molecule is O=C(CCCc1nc(-c2ccc(F)cc2)no1)Nc1ccccc1SC[C@H]1CC1(Cl)Cl. The maximum absolute atomic E-state index is 13.0. The lowest BCUT2D eigenvalue weighted by atomic mass is 10.2. The van der Waals surface area contributed by atoms with Crippen molar-refractivity contribution in [3.05, 3.63) is 60.2 Å². The number of aromatic nitrogens is 2. The highest BCUT2D eigenvalue weighted by atomic mass is 35.5. The minimum absolute atomic E-state index is 0.0817. The highest BCUT2D eigenvalue weighted by Crippen LogP contribution is 2.55. The molecule has 1 atom stereocenters. The number of hydrogen-bond donors (Lipinski definition) is 1. The number of benzene rings is 2. The molecule has 5 nitrogen and oxygen atoms in total. The first-order chi connectivity index (χ1) is 14.9. The molecule has 1 aliphatic rings. The third kappa shape index (κ3) is 5.99. The summed E-state index contributed by atoms with van der Waals surface area (Å²) in [6.07, 6.45) is 2.17. The maximum atomic E-state index is 13.0. The fraction of sp³-hybridized carbons (Fsp3) is 0.318. The van der Waals surface area contributed by atoms with Gasteiger partial charge in [-0.1, -0.05) is 17.3 Å². The summed E-state index contributed by atoms with van der Waals surface area (Å²) in [6, 6.07) is 13.6. The minimum atomic E-state index is -0.601. The van der Waals surface area contributed by atoms with Gasteiger partial charge >= 0.3 is 0 Å². The first-order valence-electron chi connectivity index (χ1n) is 9.89. The number of hydrogen-bond acceptors (Lipinski definition) is 5. The Kier molecular flexibility index (Phi) is 6.84. The molecule has 1 fully saturated rings. The van der Waals surface area contributed by atoms with Gasteiger partial charge in [0.15, 0.2) is 0 Å². The molecule has 0 unspecified atom stereocenters. The number of rotatable bonds is 9. The van der Waals surface area contributed by atoms with Crippen LogP contribution < -0.4 is 5.32 Å². The van der Waals surface area contributed by atoms with Gasteiger partial charge in [0.1, 0.15) is 10.2 Å². The Bertz CT molecular complexity index is 1060. The number of nitrogens with one attached hydrogen (secondary N) is 1. The van der Waals surface area contributed by atoms with Gasteiger partial charge in [-0.3, -0.25) is 4.79 Å². The molecule has 4 rings (SSSR count). The van der Waals surface area contributed by atoms with Crippen LogP contribution in [0.5, 0.6) is 0 Å². The minimum Gasteiger partial charge on any atom is -0.339 e. The van der Waals surface area contributed by atoms with Crippen molar-refractivity contribution in [3.8, 4) is 11.4 Å². The van der Waals surface area contributed by atoms with Gasteiger partial charge in [0.25, 0.3) is 0 Å². The molecule has 0 saturated heterocycles. The van der Waals surface area contributed by atoms with Gasteiger partial charge in [0.2, 0.25) is 17.6 Å². The van der Waals surface area contributed by atoms with E-state index in [1.807, 2.05) is 24.3 Å². The smallest absolute Gasteiger partial charge is 0.226 e. The molecule has 162 valence electrons. The number of alkyl halides is 2. The second-order valence-electron chi connectivity index (χ2n) is 7.39. The van der Waals surface area contributed by atoms with Gasteiger partial charge in [0, 0.05) is 35.0 Å². The fourth-order valence-electron chi connectivity index (χ4n) is 3.02. The molecule has 1 amide bonds. The highest BCUT2D eigenvalue weighted by Gasteiger charge is 2.51. The van der Waals surface area contributed by atoms with Crippen molar-refractivity contribution in [2.45, 2.75) is 34.9 Å². The zero-order valence-corrected chi connectivity index (χ0v) is 18.8. The second kappa shape index (κ2) is 9.59. The van der Waals surface area contributed by atoms with Gasteiger partial charge in [-0.15, -0.1) is 35.0 Å². The van der Waals surface area contributed by atoms with Crippen LogP contribution in [0.1, 0.15) is 25.2 Å². The van der Waals surface area contributed by atoms with Crippen molar-refractivity contribution >= 4 is 46.6 Å². The number of halogens is 3. The lowest BCUT2D eigenvalue weighted by molar-refractivity contribution is -0.116. The number of carbonyl (C=O) groups is 1. The number of aryl methyl sites for hydroxylation is 1. The second-order valence-corrected chi connectivity index (χ2v) is 9.99. The molecule has 0 spiro atoms. The van der Waals surface area contributed by atoms with E-state index in [2.05, 4.69) is 15.5 Å². The summed E-state index contributed by atoms with van der Waals surface area (Å²) in [5.41, 5.74) is 1.46. The summed E-state index contributed by atoms with van der Waals surface area (Å²) in [4.78, 5) is 17.7. The lowest BCUT2D eigenvalue weighted by Gasteiger charge is -2.10. The molecule has 1 aromatic heterocycles. The Morgan fingerprint density at radius 1 is 1.23 bits per heavy atom. The van der Waals surface area contributed by atoms with Crippen molar-refractivity contribution in [3.63, 3.8) is 0 Å². The van der Waals surface area contributed by atoms with Gasteiger partial charge < -0.3 is 9.84 Å². The molecule has 0 bridgehead atoms. The summed E-state index contributed by atoms with van der Waals surface area (Å²) < 4.78 is 17.7. The first-order valence-corrected chi connectivity index (χ1v) is 11.6. The van der Waals surface area contributed by atoms with Crippen molar-refractivity contribution in [1.29, 1.82) is 0 Å². The van der Waals surface area contributed by atoms with Crippen LogP contribution in [0.3, 0.4) is 0 Å².